The van der Waals surface area contributed by atoms with Gasteiger partial charge in [-0.2, -0.15) is 0 Å². The van der Waals surface area contributed by atoms with Crippen LogP contribution in [0.2, 0.25) is 6.55 Å². The molecule has 0 spiro atoms. The summed E-state index contributed by atoms with van der Waals surface area (Å²) in [5.41, 5.74) is -0.326. The Labute approximate surface area is 112 Å². The van der Waals surface area contributed by atoms with Gasteiger partial charge in [0, 0.05) is 18.3 Å². The third kappa shape index (κ3) is 5.80. The lowest BCUT2D eigenvalue weighted by molar-refractivity contribution is -0.141. The maximum atomic E-state index is 11.4. The van der Waals surface area contributed by atoms with E-state index in [1.54, 1.807) is 0 Å². The minimum atomic E-state index is -2.57. The number of carbonyl (C=O) groups is 1. The zero-order valence-electron chi connectivity index (χ0n) is 12.4. The summed E-state index contributed by atoms with van der Waals surface area (Å²) in [5, 5.41) is 0. The van der Waals surface area contributed by atoms with Gasteiger partial charge in [-0.1, -0.05) is 13.5 Å². The molecule has 0 aromatic heterocycles. The van der Waals surface area contributed by atoms with Crippen LogP contribution in [0.3, 0.4) is 0 Å². The van der Waals surface area contributed by atoms with Crippen molar-refractivity contribution in [2.24, 2.45) is 0 Å². The van der Waals surface area contributed by atoms with Crippen LogP contribution in [-0.2, 0) is 18.4 Å². The molecule has 0 fully saturated rings. The van der Waals surface area contributed by atoms with Gasteiger partial charge in [0.15, 0.2) is 0 Å². The van der Waals surface area contributed by atoms with E-state index >= 15 is 0 Å². The second-order valence-corrected chi connectivity index (χ2v) is 8.03. The van der Waals surface area contributed by atoms with Crippen LogP contribution in [0.5, 0.6) is 0 Å². The predicted octanol–water partition coefficient (Wildman–Crippen LogP) is 2.96. The SMILES string of the molecule is C=CC(=O)OC(CC)[Si](C)(OC(C)C)OC(C)C. The molecule has 0 radical (unpaired) electrons. The highest BCUT2D eigenvalue weighted by Gasteiger charge is 2.44. The fourth-order valence-corrected chi connectivity index (χ4v) is 5.17. The molecular formula is C13H26O4Si. The van der Waals surface area contributed by atoms with E-state index < -0.39 is 14.5 Å². The van der Waals surface area contributed by atoms with Gasteiger partial charge in [0.2, 0.25) is 0 Å². The van der Waals surface area contributed by atoms with Crippen molar-refractivity contribution in [2.45, 2.75) is 65.5 Å². The molecule has 0 aromatic rings. The molecule has 0 amide bonds. The molecule has 18 heavy (non-hydrogen) atoms. The van der Waals surface area contributed by atoms with Crippen LogP contribution in [0, 0.1) is 0 Å². The monoisotopic (exact) mass is 274 g/mol. The van der Waals surface area contributed by atoms with Crippen molar-refractivity contribution >= 4 is 14.5 Å². The maximum Gasteiger partial charge on any atom is 0.377 e. The van der Waals surface area contributed by atoms with Crippen molar-refractivity contribution in [1.29, 1.82) is 0 Å². The fourth-order valence-electron chi connectivity index (χ4n) is 1.87. The van der Waals surface area contributed by atoms with E-state index in [0.717, 1.165) is 0 Å². The molecule has 0 heterocycles. The van der Waals surface area contributed by atoms with Crippen molar-refractivity contribution in [3.05, 3.63) is 12.7 Å². The van der Waals surface area contributed by atoms with Gasteiger partial charge in [0.1, 0.15) is 5.73 Å². The van der Waals surface area contributed by atoms with Crippen molar-refractivity contribution in [2.75, 3.05) is 0 Å². The second-order valence-electron chi connectivity index (χ2n) is 4.89. The standard InChI is InChI=1S/C13H26O4Si/c1-8-12(14)15-13(9-2)18(7,16-10(3)4)17-11(5)6/h8,10-11,13H,1,9H2,2-7H3. The van der Waals surface area contributed by atoms with Gasteiger partial charge in [-0.15, -0.1) is 0 Å². The lowest BCUT2D eigenvalue weighted by Crippen LogP contribution is -2.55. The van der Waals surface area contributed by atoms with Gasteiger partial charge in [-0.3, -0.25) is 0 Å². The maximum absolute atomic E-state index is 11.4. The van der Waals surface area contributed by atoms with Crippen molar-refractivity contribution in [1.82, 2.24) is 0 Å². The van der Waals surface area contributed by atoms with E-state index in [2.05, 4.69) is 6.58 Å². The summed E-state index contributed by atoms with van der Waals surface area (Å²) < 4.78 is 17.3. The third-order valence-corrected chi connectivity index (χ3v) is 5.89. The Morgan fingerprint density at radius 2 is 1.67 bits per heavy atom. The highest BCUT2D eigenvalue weighted by atomic mass is 28.4. The van der Waals surface area contributed by atoms with Gasteiger partial charge in [0.05, 0.1) is 0 Å². The quantitative estimate of drug-likeness (QED) is 0.388. The average Bonchev–Trinajstić information content (AvgIpc) is 2.22. The number of ether oxygens (including phenoxy) is 1. The fraction of sp³-hybridized carbons (Fsp3) is 0.769. The summed E-state index contributed by atoms with van der Waals surface area (Å²) in [6.07, 6.45) is 1.91. The number of rotatable bonds is 8. The molecule has 0 saturated carbocycles. The summed E-state index contributed by atoms with van der Waals surface area (Å²) in [6.45, 7) is 15.1. The van der Waals surface area contributed by atoms with Gasteiger partial charge in [0.25, 0.3) is 0 Å². The molecule has 0 bridgehead atoms. The van der Waals surface area contributed by atoms with Crippen LogP contribution in [0.25, 0.3) is 0 Å². The Morgan fingerprint density at radius 1 is 1.22 bits per heavy atom. The van der Waals surface area contributed by atoms with Crippen LogP contribution in [0.4, 0.5) is 0 Å². The van der Waals surface area contributed by atoms with E-state index in [1.165, 1.54) is 6.08 Å². The van der Waals surface area contributed by atoms with Gasteiger partial charge >= 0.3 is 14.5 Å². The highest BCUT2D eigenvalue weighted by Crippen LogP contribution is 2.22. The average molecular weight is 274 g/mol. The zero-order valence-corrected chi connectivity index (χ0v) is 13.4. The van der Waals surface area contributed by atoms with Crippen LogP contribution in [0.1, 0.15) is 41.0 Å². The smallest absolute Gasteiger partial charge is 0.377 e. The van der Waals surface area contributed by atoms with Crippen molar-refractivity contribution in [3.63, 3.8) is 0 Å². The summed E-state index contributed by atoms with van der Waals surface area (Å²) in [5.74, 6) is -0.430. The molecule has 0 N–H and O–H groups in total. The molecular weight excluding hydrogens is 248 g/mol. The van der Waals surface area contributed by atoms with Crippen molar-refractivity contribution < 1.29 is 18.4 Å². The molecule has 1 unspecified atom stereocenters. The van der Waals surface area contributed by atoms with E-state index in [1.807, 2.05) is 41.2 Å². The summed E-state index contributed by atoms with van der Waals surface area (Å²) in [6, 6.07) is 0. The van der Waals surface area contributed by atoms with E-state index in [0.29, 0.717) is 6.42 Å². The van der Waals surface area contributed by atoms with Crippen LogP contribution in [0.15, 0.2) is 12.7 Å². The van der Waals surface area contributed by atoms with Gasteiger partial charge in [-0.25, -0.2) is 4.79 Å². The Bertz CT molecular complexity index is 266. The van der Waals surface area contributed by atoms with Gasteiger partial charge in [-0.05, 0) is 40.7 Å². The minimum Gasteiger partial charge on any atom is -0.457 e. The van der Waals surface area contributed by atoms with E-state index in [9.17, 15) is 4.79 Å². The third-order valence-electron chi connectivity index (χ3n) is 2.32. The Hall–Kier alpha value is -0.653. The first kappa shape index (κ1) is 17.3. The topological polar surface area (TPSA) is 44.8 Å². The molecule has 0 aliphatic rings. The molecule has 0 aliphatic heterocycles. The normalized spacial score (nSPS) is 13.8. The van der Waals surface area contributed by atoms with Crippen LogP contribution < -0.4 is 0 Å². The molecule has 5 heteroatoms. The van der Waals surface area contributed by atoms with Crippen molar-refractivity contribution in [3.8, 4) is 0 Å². The summed E-state index contributed by atoms with van der Waals surface area (Å²) in [7, 11) is -2.57. The molecule has 106 valence electrons. The Morgan fingerprint density at radius 3 is 1.94 bits per heavy atom. The lowest BCUT2D eigenvalue weighted by atomic mass is 10.5. The Balaban J connectivity index is 4.98. The second kappa shape index (κ2) is 7.71. The largest absolute Gasteiger partial charge is 0.457 e. The molecule has 1 atom stereocenters. The first-order valence-corrected chi connectivity index (χ1v) is 8.83. The number of hydrogen-bond donors (Lipinski definition) is 0. The highest BCUT2D eigenvalue weighted by molar-refractivity contribution is 6.67. The molecule has 4 nitrogen and oxygen atoms in total. The first-order valence-electron chi connectivity index (χ1n) is 6.43. The minimum absolute atomic E-state index is 0.0388. The van der Waals surface area contributed by atoms with Crippen LogP contribution >= 0.6 is 0 Å². The predicted molar refractivity (Wildman–Crippen MR) is 74.4 cm³/mol. The van der Waals surface area contributed by atoms with Gasteiger partial charge < -0.3 is 13.6 Å². The number of esters is 1. The molecule has 0 saturated heterocycles. The van der Waals surface area contributed by atoms with Crippen LogP contribution in [-0.4, -0.2) is 32.5 Å². The summed E-state index contributed by atoms with van der Waals surface area (Å²) in [4.78, 5) is 11.4. The first-order chi connectivity index (χ1) is 8.25. The van der Waals surface area contributed by atoms with E-state index in [-0.39, 0.29) is 17.9 Å². The lowest BCUT2D eigenvalue weighted by Gasteiger charge is -2.36. The number of hydrogen-bond acceptors (Lipinski definition) is 4. The van der Waals surface area contributed by atoms with E-state index in [4.69, 9.17) is 13.6 Å². The number of carbonyl (C=O) groups excluding carboxylic acids is 1. The summed E-state index contributed by atoms with van der Waals surface area (Å²) >= 11 is 0. The molecule has 0 aromatic carbocycles. The Kier molecular flexibility index (Phi) is 7.43. The zero-order chi connectivity index (χ0) is 14.3. The molecule has 0 rings (SSSR count). The molecule has 0 aliphatic carbocycles.